The number of amides is 1. The third-order valence-corrected chi connectivity index (χ3v) is 2.78. The molecular weight excluding hydrogens is 290 g/mol. The van der Waals surface area contributed by atoms with Gasteiger partial charge in [-0.3, -0.25) is 4.79 Å². The van der Waals surface area contributed by atoms with Gasteiger partial charge in [-0.05, 0) is 24.3 Å². The average Bonchev–Trinajstić information content (AvgIpc) is 2.53. The minimum absolute atomic E-state index is 0.0987. The number of pyridine rings is 1. The standard InChI is InChI=1S/C14H11N3O3S/c15-12(21)9-4-6-10(7-5-9)13(18)17-20-14(19)11-3-1-2-8-16-11/h1-8H,(H2,15,21)(H,17,18). The summed E-state index contributed by atoms with van der Waals surface area (Å²) >= 11 is 4.81. The molecule has 106 valence electrons. The third kappa shape index (κ3) is 3.83. The maximum Gasteiger partial charge on any atom is 0.381 e. The molecule has 0 saturated heterocycles. The van der Waals surface area contributed by atoms with Crippen LogP contribution in [-0.4, -0.2) is 21.8 Å². The molecule has 1 amide bonds. The fraction of sp³-hybridized carbons (Fsp3) is 0. The van der Waals surface area contributed by atoms with E-state index in [0.29, 0.717) is 11.1 Å². The molecule has 6 nitrogen and oxygen atoms in total. The summed E-state index contributed by atoms with van der Waals surface area (Å²) in [4.78, 5) is 32.1. The van der Waals surface area contributed by atoms with Crippen LogP contribution in [0.25, 0.3) is 0 Å². The number of nitrogens with one attached hydrogen (secondary N) is 1. The number of carbonyl (C=O) groups is 2. The zero-order chi connectivity index (χ0) is 15.2. The Balaban J connectivity index is 1.96. The van der Waals surface area contributed by atoms with Gasteiger partial charge in [-0.15, -0.1) is 0 Å². The molecule has 1 heterocycles. The molecule has 2 aromatic rings. The Bertz CT molecular complexity index is 672. The van der Waals surface area contributed by atoms with Crippen LogP contribution in [0.1, 0.15) is 26.4 Å². The predicted octanol–water partition coefficient (Wildman–Crippen LogP) is 1.22. The van der Waals surface area contributed by atoms with Crippen molar-refractivity contribution in [3.8, 4) is 0 Å². The Labute approximate surface area is 125 Å². The predicted molar refractivity (Wildman–Crippen MR) is 79.4 cm³/mol. The molecule has 0 unspecified atom stereocenters. The molecule has 0 aliphatic carbocycles. The highest BCUT2D eigenvalue weighted by molar-refractivity contribution is 7.80. The van der Waals surface area contributed by atoms with E-state index in [-0.39, 0.29) is 10.7 Å². The Morgan fingerprint density at radius 1 is 1.10 bits per heavy atom. The number of benzene rings is 1. The summed E-state index contributed by atoms with van der Waals surface area (Å²) in [6.45, 7) is 0. The van der Waals surface area contributed by atoms with E-state index in [1.165, 1.54) is 24.4 Å². The highest BCUT2D eigenvalue weighted by Gasteiger charge is 2.12. The second-order valence-electron chi connectivity index (χ2n) is 3.98. The zero-order valence-corrected chi connectivity index (χ0v) is 11.6. The number of carbonyl (C=O) groups excluding carboxylic acids is 2. The Kier molecular flexibility index (Phi) is 4.57. The van der Waals surface area contributed by atoms with Crippen molar-refractivity contribution in [3.63, 3.8) is 0 Å². The lowest BCUT2D eigenvalue weighted by atomic mass is 10.1. The monoisotopic (exact) mass is 301 g/mol. The van der Waals surface area contributed by atoms with Crippen LogP contribution in [0.4, 0.5) is 0 Å². The lowest BCUT2D eigenvalue weighted by Crippen LogP contribution is -2.27. The van der Waals surface area contributed by atoms with Crippen LogP contribution in [0.5, 0.6) is 0 Å². The maximum absolute atomic E-state index is 11.8. The number of aromatic nitrogens is 1. The van der Waals surface area contributed by atoms with E-state index < -0.39 is 11.9 Å². The number of hydroxylamine groups is 1. The highest BCUT2D eigenvalue weighted by atomic mass is 32.1. The second-order valence-corrected chi connectivity index (χ2v) is 4.42. The van der Waals surface area contributed by atoms with Crippen LogP contribution < -0.4 is 11.2 Å². The normalized spacial score (nSPS) is 9.71. The van der Waals surface area contributed by atoms with E-state index in [4.69, 9.17) is 18.0 Å². The fourth-order valence-corrected chi connectivity index (χ4v) is 1.61. The Morgan fingerprint density at radius 3 is 2.33 bits per heavy atom. The van der Waals surface area contributed by atoms with Gasteiger partial charge in [0.2, 0.25) is 0 Å². The molecule has 0 aliphatic heterocycles. The summed E-state index contributed by atoms with van der Waals surface area (Å²) in [6, 6.07) is 11.1. The molecule has 0 bridgehead atoms. The zero-order valence-electron chi connectivity index (χ0n) is 10.8. The minimum Gasteiger partial charge on any atom is -0.389 e. The molecule has 7 heteroatoms. The van der Waals surface area contributed by atoms with Crippen molar-refractivity contribution in [2.24, 2.45) is 5.73 Å². The smallest absolute Gasteiger partial charge is 0.381 e. The van der Waals surface area contributed by atoms with Crippen molar-refractivity contribution in [1.82, 2.24) is 10.5 Å². The maximum atomic E-state index is 11.8. The van der Waals surface area contributed by atoms with Gasteiger partial charge in [0.05, 0.1) is 0 Å². The second kappa shape index (κ2) is 6.58. The lowest BCUT2D eigenvalue weighted by molar-refractivity contribution is 0.0224. The van der Waals surface area contributed by atoms with Gasteiger partial charge >= 0.3 is 5.97 Å². The summed E-state index contributed by atoms with van der Waals surface area (Å²) in [5, 5.41) is 0. The molecule has 0 saturated carbocycles. The van der Waals surface area contributed by atoms with E-state index in [1.807, 2.05) is 0 Å². The molecular formula is C14H11N3O3S. The van der Waals surface area contributed by atoms with Crippen molar-refractivity contribution in [2.45, 2.75) is 0 Å². The molecule has 0 aliphatic rings. The van der Waals surface area contributed by atoms with E-state index in [0.717, 1.165) is 0 Å². The Morgan fingerprint density at radius 2 is 1.76 bits per heavy atom. The van der Waals surface area contributed by atoms with Crippen LogP contribution in [0, 0.1) is 0 Å². The van der Waals surface area contributed by atoms with Gasteiger partial charge in [-0.2, -0.15) is 5.48 Å². The van der Waals surface area contributed by atoms with E-state index in [2.05, 4.69) is 15.3 Å². The average molecular weight is 301 g/mol. The summed E-state index contributed by atoms with van der Waals surface area (Å²) in [7, 11) is 0. The summed E-state index contributed by atoms with van der Waals surface area (Å²) < 4.78 is 0. The number of nitrogens with two attached hydrogens (primary N) is 1. The topological polar surface area (TPSA) is 94.3 Å². The summed E-state index contributed by atoms with van der Waals surface area (Å²) in [6.07, 6.45) is 1.45. The SMILES string of the molecule is NC(=S)c1ccc(C(=O)NOC(=O)c2ccccn2)cc1. The first-order valence-corrected chi connectivity index (χ1v) is 6.31. The summed E-state index contributed by atoms with van der Waals surface area (Å²) in [5.74, 6) is -1.31. The number of rotatable bonds is 3. The highest BCUT2D eigenvalue weighted by Crippen LogP contribution is 2.04. The van der Waals surface area contributed by atoms with Crippen molar-refractivity contribution >= 4 is 29.1 Å². The first-order valence-electron chi connectivity index (χ1n) is 5.90. The van der Waals surface area contributed by atoms with Crippen molar-refractivity contribution in [3.05, 3.63) is 65.5 Å². The Hall–Kier alpha value is -2.80. The van der Waals surface area contributed by atoms with Crippen LogP contribution >= 0.6 is 12.2 Å². The van der Waals surface area contributed by atoms with E-state index in [1.54, 1.807) is 24.3 Å². The van der Waals surface area contributed by atoms with Gasteiger partial charge in [0.15, 0.2) is 5.69 Å². The van der Waals surface area contributed by atoms with E-state index >= 15 is 0 Å². The van der Waals surface area contributed by atoms with Gasteiger partial charge in [-0.25, -0.2) is 9.78 Å². The van der Waals surface area contributed by atoms with Gasteiger partial charge in [-0.1, -0.05) is 30.4 Å². The third-order valence-electron chi connectivity index (χ3n) is 2.54. The van der Waals surface area contributed by atoms with Crippen LogP contribution in [0.15, 0.2) is 48.7 Å². The molecule has 0 fully saturated rings. The quantitative estimate of drug-likeness (QED) is 0.654. The summed E-state index contributed by atoms with van der Waals surface area (Å²) in [5.41, 5.74) is 8.56. The minimum atomic E-state index is -0.747. The molecule has 21 heavy (non-hydrogen) atoms. The molecule has 1 aromatic carbocycles. The molecule has 1 aromatic heterocycles. The molecule has 0 atom stereocenters. The first-order chi connectivity index (χ1) is 10.1. The molecule has 0 spiro atoms. The number of nitrogens with zero attached hydrogens (tertiary/aromatic N) is 1. The van der Waals surface area contributed by atoms with Gasteiger partial charge < -0.3 is 10.6 Å². The van der Waals surface area contributed by atoms with Crippen molar-refractivity contribution in [2.75, 3.05) is 0 Å². The number of thiocarbonyl (C=S) groups is 1. The largest absolute Gasteiger partial charge is 0.389 e. The van der Waals surface area contributed by atoms with Crippen LogP contribution in [0.3, 0.4) is 0 Å². The lowest BCUT2D eigenvalue weighted by Gasteiger charge is -2.06. The fourth-order valence-electron chi connectivity index (χ4n) is 1.47. The van der Waals surface area contributed by atoms with Crippen LogP contribution in [-0.2, 0) is 4.84 Å². The van der Waals surface area contributed by atoms with Gasteiger partial charge in [0.1, 0.15) is 4.99 Å². The first kappa shape index (κ1) is 14.6. The van der Waals surface area contributed by atoms with Crippen LogP contribution in [0.2, 0.25) is 0 Å². The van der Waals surface area contributed by atoms with Gasteiger partial charge in [0.25, 0.3) is 5.91 Å². The molecule has 0 radical (unpaired) electrons. The molecule has 2 rings (SSSR count). The number of hydrogen-bond donors (Lipinski definition) is 2. The van der Waals surface area contributed by atoms with Crippen molar-refractivity contribution in [1.29, 1.82) is 0 Å². The van der Waals surface area contributed by atoms with Crippen molar-refractivity contribution < 1.29 is 14.4 Å². The number of hydrogen-bond acceptors (Lipinski definition) is 5. The van der Waals surface area contributed by atoms with E-state index in [9.17, 15) is 9.59 Å². The molecule has 3 N–H and O–H groups in total. The van der Waals surface area contributed by atoms with Gasteiger partial charge in [0, 0.05) is 17.3 Å².